The molecule has 7 nitrogen and oxygen atoms in total. The molecule has 1 fully saturated rings. The highest BCUT2D eigenvalue weighted by molar-refractivity contribution is 6.41. The average Bonchev–Trinajstić information content (AvgIpc) is 2.73. The van der Waals surface area contributed by atoms with E-state index in [4.69, 9.17) is 21.1 Å². The fraction of sp³-hybridized carbons (Fsp3) is 0.300. The lowest BCUT2D eigenvalue weighted by Crippen LogP contribution is -2.51. The summed E-state index contributed by atoms with van der Waals surface area (Å²) in [6.45, 7) is 1.93. The molecule has 2 aliphatic rings. The predicted octanol–water partition coefficient (Wildman–Crippen LogP) is 2.68. The van der Waals surface area contributed by atoms with E-state index in [2.05, 4.69) is 5.32 Å². The van der Waals surface area contributed by atoms with E-state index in [0.29, 0.717) is 43.5 Å². The highest BCUT2D eigenvalue weighted by atomic mass is 35.5. The van der Waals surface area contributed by atoms with Gasteiger partial charge in [-0.2, -0.15) is 0 Å². The number of anilines is 2. The Kier molecular flexibility index (Phi) is 5.63. The molecule has 2 amide bonds. The van der Waals surface area contributed by atoms with Crippen LogP contribution in [0.3, 0.4) is 0 Å². The fourth-order valence-corrected chi connectivity index (χ4v) is 3.57. The molecule has 0 unspecified atom stereocenters. The Balaban J connectivity index is 1.38. The molecule has 0 aromatic heterocycles. The second kappa shape index (κ2) is 8.35. The molecule has 0 aliphatic carbocycles. The van der Waals surface area contributed by atoms with Gasteiger partial charge in [0, 0.05) is 50.1 Å². The van der Waals surface area contributed by atoms with Crippen LogP contribution in [0.2, 0.25) is 5.02 Å². The molecule has 4 rings (SSSR count). The van der Waals surface area contributed by atoms with Crippen molar-refractivity contribution in [2.24, 2.45) is 0 Å². The molecule has 0 bridgehead atoms. The topological polar surface area (TPSA) is 71.1 Å². The monoisotopic (exact) mass is 437 g/mol. The van der Waals surface area contributed by atoms with Gasteiger partial charge >= 0.3 is 11.8 Å². The van der Waals surface area contributed by atoms with Crippen LogP contribution in [0.4, 0.5) is 20.2 Å². The summed E-state index contributed by atoms with van der Waals surface area (Å²) in [5, 5.41) is 2.73. The summed E-state index contributed by atoms with van der Waals surface area (Å²) in [6, 6.07) is 6.30. The number of nitrogens with zero attached hydrogens (tertiary/aromatic N) is 2. The highest BCUT2D eigenvalue weighted by Gasteiger charge is 2.27. The molecule has 0 spiro atoms. The Morgan fingerprint density at radius 3 is 2.13 bits per heavy atom. The van der Waals surface area contributed by atoms with Crippen LogP contribution >= 0.6 is 11.6 Å². The van der Waals surface area contributed by atoms with E-state index in [-0.39, 0.29) is 23.8 Å². The van der Waals surface area contributed by atoms with E-state index in [1.165, 1.54) is 29.2 Å². The van der Waals surface area contributed by atoms with Crippen LogP contribution in [0.15, 0.2) is 30.3 Å². The van der Waals surface area contributed by atoms with E-state index in [1.807, 2.05) is 0 Å². The van der Waals surface area contributed by atoms with Crippen molar-refractivity contribution in [3.63, 3.8) is 0 Å². The predicted molar refractivity (Wildman–Crippen MR) is 106 cm³/mol. The number of carbonyl (C=O) groups is 2. The number of halogens is 3. The van der Waals surface area contributed by atoms with E-state index in [1.54, 1.807) is 4.90 Å². The van der Waals surface area contributed by atoms with Crippen molar-refractivity contribution in [1.29, 1.82) is 0 Å². The Labute approximate surface area is 176 Å². The van der Waals surface area contributed by atoms with Gasteiger partial charge in [0.1, 0.15) is 24.8 Å². The summed E-state index contributed by atoms with van der Waals surface area (Å²) in [5.41, 5.74) is 0.639. The number of carbonyl (C=O) groups excluding carboxylic acids is 2. The van der Waals surface area contributed by atoms with Crippen LogP contribution in [0.1, 0.15) is 0 Å². The third kappa shape index (κ3) is 4.25. The quantitative estimate of drug-likeness (QED) is 0.731. The SMILES string of the molecule is O=C(Nc1cc2c(cc1Cl)OCCO2)C(=O)N1CCN(c2cc(F)cc(F)c2)CC1. The van der Waals surface area contributed by atoms with Crippen LogP contribution < -0.4 is 19.7 Å². The molecule has 1 saturated heterocycles. The molecule has 2 aromatic carbocycles. The number of ether oxygens (including phenoxy) is 2. The molecule has 2 aromatic rings. The van der Waals surface area contributed by atoms with Gasteiger partial charge in [-0.3, -0.25) is 9.59 Å². The summed E-state index contributed by atoms with van der Waals surface area (Å²) in [4.78, 5) is 28.1. The van der Waals surface area contributed by atoms with Crippen molar-refractivity contribution in [2.75, 3.05) is 49.6 Å². The first-order chi connectivity index (χ1) is 14.4. The minimum absolute atomic E-state index is 0.221. The maximum Gasteiger partial charge on any atom is 0.313 e. The summed E-state index contributed by atoms with van der Waals surface area (Å²) in [7, 11) is 0. The maximum atomic E-state index is 13.4. The van der Waals surface area contributed by atoms with Crippen molar-refractivity contribution < 1.29 is 27.8 Å². The molecule has 10 heteroatoms. The lowest BCUT2D eigenvalue weighted by Gasteiger charge is -2.35. The Hall–Kier alpha value is -3.07. The fourth-order valence-electron chi connectivity index (χ4n) is 3.37. The van der Waals surface area contributed by atoms with Gasteiger partial charge < -0.3 is 24.6 Å². The zero-order chi connectivity index (χ0) is 21.3. The molecular formula is C20H18ClF2N3O4. The van der Waals surface area contributed by atoms with Crippen molar-refractivity contribution in [1.82, 2.24) is 4.90 Å². The Bertz CT molecular complexity index is 976. The van der Waals surface area contributed by atoms with Gasteiger partial charge in [-0.25, -0.2) is 8.78 Å². The number of hydrogen-bond donors (Lipinski definition) is 1. The zero-order valence-corrected chi connectivity index (χ0v) is 16.5. The lowest BCUT2D eigenvalue weighted by atomic mass is 10.2. The summed E-state index contributed by atoms with van der Waals surface area (Å²) < 4.78 is 37.7. The van der Waals surface area contributed by atoms with Crippen molar-refractivity contribution in [2.45, 2.75) is 0 Å². The summed E-state index contributed by atoms with van der Waals surface area (Å²) >= 11 is 6.17. The minimum atomic E-state index is -0.834. The molecular weight excluding hydrogens is 420 g/mol. The molecule has 2 aliphatic heterocycles. The summed E-state index contributed by atoms with van der Waals surface area (Å²) in [5.74, 6) is -1.98. The Morgan fingerprint density at radius 1 is 0.900 bits per heavy atom. The van der Waals surface area contributed by atoms with Crippen molar-refractivity contribution in [3.8, 4) is 11.5 Å². The number of fused-ring (bicyclic) bond motifs is 1. The molecule has 158 valence electrons. The number of nitrogens with one attached hydrogen (secondary N) is 1. The van der Waals surface area contributed by atoms with Gasteiger partial charge in [0.05, 0.1) is 10.7 Å². The van der Waals surface area contributed by atoms with Crippen LogP contribution in [0, 0.1) is 11.6 Å². The minimum Gasteiger partial charge on any atom is -0.486 e. The first kappa shape index (κ1) is 20.2. The van der Waals surface area contributed by atoms with E-state index < -0.39 is 23.4 Å². The molecule has 2 heterocycles. The third-order valence-electron chi connectivity index (χ3n) is 4.85. The van der Waals surface area contributed by atoms with E-state index in [0.717, 1.165) is 6.07 Å². The van der Waals surface area contributed by atoms with Crippen LogP contribution in [0.25, 0.3) is 0 Å². The van der Waals surface area contributed by atoms with Crippen LogP contribution in [-0.2, 0) is 9.59 Å². The van der Waals surface area contributed by atoms with Crippen molar-refractivity contribution >= 4 is 34.8 Å². The lowest BCUT2D eigenvalue weighted by molar-refractivity contribution is -0.143. The molecule has 0 atom stereocenters. The van der Waals surface area contributed by atoms with E-state index >= 15 is 0 Å². The standard InChI is InChI=1S/C20H18ClF2N3O4/c21-15-10-17-18(30-6-5-29-17)11-16(15)24-19(27)20(28)26-3-1-25(2-4-26)14-8-12(22)7-13(23)9-14/h7-11H,1-6H2,(H,24,27). The molecule has 1 N–H and O–H groups in total. The second-order valence-corrected chi connectivity index (χ2v) is 7.24. The normalized spacial score (nSPS) is 15.7. The second-order valence-electron chi connectivity index (χ2n) is 6.84. The molecule has 0 radical (unpaired) electrons. The smallest absolute Gasteiger partial charge is 0.313 e. The number of benzene rings is 2. The summed E-state index contributed by atoms with van der Waals surface area (Å²) in [6.07, 6.45) is 0. The highest BCUT2D eigenvalue weighted by Crippen LogP contribution is 2.38. The number of rotatable bonds is 2. The van der Waals surface area contributed by atoms with Crippen LogP contribution in [-0.4, -0.2) is 56.1 Å². The number of hydrogen-bond acceptors (Lipinski definition) is 5. The largest absolute Gasteiger partial charge is 0.486 e. The van der Waals surface area contributed by atoms with Gasteiger partial charge in [0.25, 0.3) is 0 Å². The average molecular weight is 438 g/mol. The van der Waals surface area contributed by atoms with Crippen molar-refractivity contribution in [3.05, 3.63) is 47.0 Å². The first-order valence-electron chi connectivity index (χ1n) is 9.31. The Morgan fingerprint density at radius 2 is 1.50 bits per heavy atom. The number of amides is 2. The first-order valence-corrected chi connectivity index (χ1v) is 9.69. The maximum absolute atomic E-state index is 13.4. The van der Waals surface area contributed by atoms with Gasteiger partial charge in [0.15, 0.2) is 11.5 Å². The zero-order valence-electron chi connectivity index (χ0n) is 15.8. The van der Waals surface area contributed by atoms with E-state index in [9.17, 15) is 18.4 Å². The van der Waals surface area contributed by atoms with Gasteiger partial charge in [-0.15, -0.1) is 0 Å². The third-order valence-corrected chi connectivity index (χ3v) is 5.17. The molecule has 30 heavy (non-hydrogen) atoms. The van der Waals surface area contributed by atoms with Gasteiger partial charge in [-0.05, 0) is 12.1 Å². The van der Waals surface area contributed by atoms with Gasteiger partial charge in [-0.1, -0.05) is 11.6 Å². The number of piperazine rings is 1. The van der Waals surface area contributed by atoms with Gasteiger partial charge in [0.2, 0.25) is 0 Å². The van der Waals surface area contributed by atoms with Crippen LogP contribution in [0.5, 0.6) is 11.5 Å². The molecule has 0 saturated carbocycles.